The van der Waals surface area contributed by atoms with E-state index in [9.17, 15) is 9.18 Å². The van der Waals surface area contributed by atoms with Gasteiger partial charge in [-0.15, -0.1) is 10.2 Å². The minimum Gasteiger partial charge on any atom is -0.355 e. The fourth-order valence-electron chi connectivity index (χ4n) is 4.62. The van der Waals surface area contributed by atoms with Gasteiger partial charge < -0.3 is 10.2 Å². The van der Waals surface area contributed by atoms with E-state index in [1.807, 2.05) is 12.1 Å². The third-order valence-electron chi connectivity index (χ3n) is 6.55. The van der Waals surface area contributed by atoms with Gasteiger partial charge in [0.15, 0.2) is 5.82 Å². The summed E-state index contributed by atoms with van der Waals surface area (Å²) < 4.78 is 13.1. The zero-order valence-corrected chi connectivity index (χ0v) is 18.3. The monoisotopic (exact) mass is 425 g/mol. The zero-order valence-electron chi connectivity index (χ0n) is 18.3. The molecule has 1 N–H and O–H groups in total. The standard InChI is InChI=1S/C24H32FN5O/c1-18-5-2-3-14-29(18)16-13-26-24(31)20-6-4-15-30(17-20)23-12-11-22(27-28-23)19-7-9-21(25)10-8-19/h7-12,18,20H,2-6,13-17H2,1H3,(H,26,31)/t18-,20+/m1/s1. The Morgan fingerprint density at radius 2 is 1.90 bits per heavy atom. The minimum atomic E-state index is -0.267. The normalized spacial score (nSPS) is 22.3. The third kappa shape index (κ3) is 5.58. The van der Waals surface area contributed by atoms with Crippen LogP contribution in [0, 0.1) is 11.7 Å². The van der Waals surface area contributed by atoms with Gasteiger partial charge in [0.1, 0.15) is 5.82 Å². The number of carbonyl (C=O) groups is 1. The van der Waals surface area contributed by atoms with Crippen LogP contribution < -0.4 is 10.2 Å². The highest BCUT2D eigenvalue weighted by Crippen LogP contribution is 2.24. The first-order valence-corrected chi connectivity index (χ1v) is 11.5. The predicted octanol–water partition coefficient (Wildman–Crippen LogP) is 3.49. The summed E-state index contributed by atoms with van der Waals surface area (Å²) in [7, 11) is 0. The second-order valence-electron chi connectivity index (χ2n) is 8.74. The maximum Gasteiger partial charge on any atom is 0.224 e. The summed E-state index contributed by atoms with van der Waals surface area (Å²) in [6, 6.07) is 10.7. The summed E-state index contributed by atoms with van der Waals surface area (Å²) in [5.74, 6) is 0.637. The van der Waals surface area contributed by atoms with E-state index in [1.165, 1.54) is 31.4 Å². The van der Waals surface area contributed by atoms with E-state index in [0.717, 1.165) is 43.9 Å². The lowest BCUT2D eigenvalue weighted by Crippen LogP contribution is -2.46. The van der Waals surface area contributed by atoms with Gasteiger partial charge in [-0.05, 0) is 75.5 Å². The van der Waals surface area contributed by atoms with E-state index in [0.29, 0.717) is 24.8 Å². The Morgan fingerprint density at radius 3 is 2.65 bits per heavy atom. The Labute approximate surface area is 183 Å². The maximum absolute atomic E-state index is 13.1. The van der Waals surface area contributed by atoms with Crippen LogP contribution in [0.2, 0.25) is 0 Å². The van der Waals surface area contributed by atoms with Crippen molar-refractivity contribution in [3.8, 4) is 11.3 Å². The van der Waals surface area contributed by atoms with Crippen LogP contribution in [0.5, 0.6) is 0 Å². The third-order valence-corrected chi connectivity index (χ3v) is 6.55. The molecule has 0 bridgehead atoms. The molecular formula is C24H32FN5O. The number of nitrogens with one attached hydrogen (secondary N) is 1. The Morgan fingerprint density at radius 1 is 1.06 bits per heavy atom. The summed E-state index contributed by atoms with van der Waals surface area (Å²) in [6.07, 6.45) is 5.70. The largest absolute Gasteiger partial charge is 0.355 e. The van der Waals surface area contributed by atoms with Crippen molar-refractivity contribution in [3.63, 3.8) is 0 Å². The lowest BCUT2D eigenvalue weighted by Gasteiger charge is -2.34. The molecule has 0 saturated carbocycles. The molecule has 0 spiro atoms. The number of halogens is 1. The quantitative estimate of drug-likeness (QED) is 0.768. The molecule has 2 aliphatic rings. The lowest BCUT2D eigenvalue weighted by atomic mass is 9.97. The number of nitrogens with zero attached hydrogens (tertiary/aromatic N) is 4. The van der Waals surface area contributed by atoms with Crippen LogP contribution in [0.1, 0.15) is 39.0 Å². The summed E-state index contributed by atoms with van der Waals surface area (Å²) >= 11 is 0. The van der Waals surface area contributed by atoms with E-state index >= 15 is 0 Å². The molecule has 166 valence electrons. The van der Waals surface area contributed by atoms with E-state index in [4.69, 9.17) is 0 Å². The molecule has 6 nitrogen and oxygen atoms in total. The maximum atomic E-state index is 13.1. The van der Waals surface area contributed by atoms with Crippen molar-refractivity contribution in [2.75, 3.05) is 37.6 Å². The second kappa shape index (κ2) is 10.2. The van der Waals surface area contributed by atoms with Crippen LogP contribution in [-0.4, -0.2) is 59.8 Å². The van der Waals surface area contributed by atoms with Gasteiger partial charge in [0.25, 0.3) is 0 Å². The molecule has 2 atom stereocenters. The SMILES string of the molecule is C[C@@H]1CCCCN1CCNC(=O)[C@H]1CCCN(c2ccc(-c3ccc(F)cc3)nn2)C1. The fraction of sp³-hybridized carbons (Fsp3) is 0.542. The van der Waals surface area contributed by atoms with Crippen LogP contribution in [-0.2, 0) is 4.79 Å². The molecule has 2 aromatic rings. The van der Waals surface area contributed by atoms with Crippen molar-refractivity contribution < 1.29 is 9.18 Å². The number of carbonyl (C=O) groups excluding carboxylic acids is 1. The lowest BCUT2D eigenvalue weighted by molar-refractivity contribution is -0.125. The van der Waals surface area contributed by atoms with Crippen LogP contribution in [0.25, 0.3) is 11.3 Å². The Bertz CT molecular complexity index is 857. The predicted molar refractivity (Wildman–Crippen MR) is 120 cm³/mol. The van der Waals surface area contributed by atoms with E-state index in [1.54, 1.807) is 12.1 Å². The topological polar surface area (TPSA) is 61.4 Å². The first-order valence-electron chi connectivity index (χ1n) is 11.5. The van der Waals surface area contributed by atoms with Crippen LogP contribution >= 0.6 is 0 Å². The highest BCUT2D eigenvalue weighted by atomic mass is 19.1. The number of amides is 1. The number of hydrogen-bond donors (Lipinski definition) is 1. The summed E-state index contributed by atoms with van der Waals surface area (Å²) in [6.45, 7) is 6.60. The number of benzene rings is 1. The average Bonchev–Trinajstić information content (AvgIpc) is 2.81. The van der Waals surface area contributed by atoms with Gasteiger partial charge in [-0.2, -0.15) is 0 Å². The molecule has 0 unspecified atom stereocenters. The van der Waals surface area contributed by atoms with Crippen LogP contribution in [0.15, 0.2) is 36.4 Å². The Hall–Kier alpha value is -2.54. The van der Waals surface area contributed by atoms with Gasteiger partial charge >= 0.3 is 0 Å². The smallest absolute Gasteiger partial charge is 0.224 e. The van der Waals surface area contributed by atoms with E-state index in [2.05, 4.69) is 32.2 Å². The molecule has 1 aromatic carbocycles. The van der Waals surface area contributed by atoms with Crippen LogP contribution in [0.4, 0.5) is 10.2 Å². The summed E-state index contributed by atoms with van der Waals surface area (Å²) in [5.41, 5.74) is 1.54. The zero-order chi connectivity index (χ0) is 21.6. The molecule has 3 heterocycles. The fourth-order valence-corrected chi connectivity index (χ4v) is 4.62. The first kappa shape index (κ1) is 21.7. The Kier molecular flexibility index (Phi) is 7.12. The number of hydrogen-bond acceptors (Lipinski definition) is 5. The van der Waals surface area contributed by atoms with E-state index < -0.39 is 0 Å². The average molecular weight is 426 g/mol. The summed E-state index contributed by atoms with van der Waals surface area (Å²) in [5, 5.41) is 11.8. The van der Waals surface area contributed by atoms with Gasteiger partial charge in [-0.3, -0.25) is 9.69 Å². The van der Waals surface area contributed by atoms with Gasteiger partial charge in [0.05, 0.1) is 11.6 Å². The van der Waals surface area contributed by atoms with Crippen molar-refractivity contribution in [1.29, 1.82) is 0 Å². The molecule has 31 heavy (non-hydrogen) atoms. The molecule has 2 aliphatic heterocycles. The molecule has 7 heteroatoms. The second-order valence-corrected chi connectivity index (χ2v) is 8.74. The first-order chi connectivity index (χ1) is 15.1. The Balaban J connectivity index is 1.29. The van der Waals surface area contributed by atoms with Crippen molar-refractivity contribution in [2.45, 2.75) is 45.1 Å². The number of rotatable bonds is 6. The molecular weight excluding hydrogens is 393 g/mol. The number of anilines is 1. The van der Waals surface area contributed by atoms with Crippen molar-refractivity contribution in [2.24, 2.45) is 5.92 Å². The molecule has 0 radical (unpaired) electrons. The molecule has 2 fully saturated rings. The molecule has 0 aliphatic carbocycles. The number of likely N-dealkylation sites (tertiary alicyclic amines) is 1. The molecule has 4 rings (SSSR count). The molecule has 2 saturated heterocycles. The van der Waals surface area contributed by atoms with Gasteiger partial charge in [-0.1, -0.05) is 6.42 Å². The highest BCUT2D eigenvalue weighted by Gasteiger charge is 2.27. The number of piperidine rings is 2. The van der Waals surface area contributed by atoms with Gasteiger partial charge in [0.2, 0.25) is 5.91 Å². The molecule has 1 aromatic heterocycles. The van der Waals surface area contributed by atoms with Crippen molar-refractivity contribution in [3.05, 3.63) is 42.2 Å². The molecule has 1 amide bonds. The summed E-state index contributed by atoms with van der Waals surface area (Å²) in [4.78, 5) is 17.4. The van der Waals surface area contributed by atoms with Crippen LogP contribution in [0.3, 0.4) is 0 Å². The van der Waals surface area contributed by atoms with E-state index in [-0.39, 0.29) is 17.6 Å². The highest BCUT2D eigenvalue weighted by molar-refractivity contribution is 5.79. The van der Waals surface area contributed by atoms with Gasteiger partial charge in [0, 0.05) is 37.8 Å². The number of aromatic nitrogens is 2. The van der Waals surface area contributed by atoms with Crippen molar-refractivity contribution in [1.82, 2.24) is 20.4 Å². The minimum absolute atomic E-state index is 0.0221. The van der Waals surface area contributed by atoms with Gasteiger partial charge in [-0.25, -0.2) is 4.39 Å². The van der Waals surface area contributed by atoms with Crippen molar-refractivity contribution >= 4 is 11.7 Å².